The zero-order valence-electron chi connectivity index (χ0n) is 22.6. The number of likely N-dealkylation sites (N-methyl/N-ethyl adjacent to an activating group) is 1. The molecular weight excluding hydrogens is 660 g/mol. The molecule has 1 fully saturated rings. The van der Waals surface area contributed by atoms with E-state index in [0.717, 1.165) is 59.4 Å². The summed E-state index contributed by atoms with van der Waals surface area (Å²) in [7, 11) is 1.85. The molecule has 1 aliphatic rings. The second-order valence-corrected chi connectivity index (χ2v) is 12.3. The van der Waals surface area contributed by atoms with E-state index in [1.54, 1.807) is 0 Å². The molecule has 5 rings (SSSR count). The first kappa shape index (κ1) is 29.7. The molecule has 1 saturated heterocycles. The number of tetrazole rings is 1. The fourth-order valence-corrected chi connectivity index (χ4v) is 6.46. The van der Waals surface area contributed by atoms with Crippen molar-refractivity contribution in [1.29, 1.82) is 0 Å². The van der Waals surface area contributed by atoms with E-state index in [0.29, 0.717) is 6.54 Å². The quantitative estimate of drug-likeness (QED) is 0.256. The molecule has 4 aromatic rings. The molecule has 0 saturated carbocycles. The van der Waals surface area contributed by atoms with Crippen LogP contribution in [0.25, 0.3) is 0 Å². The van der Waals surface area contributed by atoms with Gasteiger partial charge in [-0.1, -0.05) is 56.1 Å². The Morgan fingerprint density at radius 1 is 0.976 bits per heavy atom. The third kappa shape index (κ3) is 7.55. The van der Waals surface area contributed by atoms with E-state index in [9.17, 15) is 13.9 Å². The molecule has 0 radical (unpaired) electrons. The number of nitrogens with zero attached hydrogens (tertiary/aromatic N) is 7. The summed E-state index contributed by atoms with van der Waals surface area (Å²) in [5.74, 6) is -1.52. The normalized spacial score (nSPS) is 15.8. The van der Waals surface area contributed by atoms with Crippen molar-refractivity contribution in [3.8, 4) is 0 Å². The molecule has 0 aliphatic carbocycles. The van der Waals surface area contributed by atoms with E-state index >= 15 is 0 Å². The van der Waals surface area contributed by atoms with Crippen LogP contribution < -0.4 is 4.90 Å². The summed E-state index contributed by atoms with van der Waals surface area (Å²) in [5, 5.41) is 22.6. The van der Waals surface area contributed by atoms with Crippen LogP contribution in [-0.2, 0) is 25.2 Å². The Kier molecular flexibility index (Phi) is 9.45. The summed E-state index contributed by atoms with van der Waals surface area (Å²) < 4.78 is 31.9. The number of hydrogen-bond donors (Lipinski definition) is 1. The molecule has 8 nitrogen and oxygen atoms in total. The highest BCUT2D eigenvalue weighted by atomic mass is 79.9. The first-order valence-electron chi connectivity index (χ1n) is 13.3. The van der Waals surface area contributed by atoms with Gasteiger partial charge in [0.15, 0.2) is 0 Å². The predicted molar refractivity (Wildman–Crippen MR) is 160 cm³/mol. The fourth-order valence-electron chi connectivity index (χ4n) is 5.29. The number of aliphatic hydroxyl groups is 1. The van der Waals surface area contributed by atoms with Crippen LogP contribution >= 0.6 is 31.9 Å². The van der Waals surface area contributed by atoms with Gasteiger partial charge in [0.2, 0.25) is 0 Å². The average molecular weight is 691 g/mol. The van der Waals surface area contributed by atoms with Crippen LogP contribution in [0.15, 0.2) is 75.9 Å². The van der Waals surface area contributed by atoms with Crippen molar-refractivity contribution in [3.05, 3.63) is 104 Å². The number of halogens is 4. The molecule has 1 aromatic heterocycles. The summed E-state index contributed by atoms with van der Waals surface area (Å²) in [6.45, 7) is 5.27. The van der Waals surface area contributed by atoms with Gasteiger partial charge in [0.05, 0.1) is 6.54 Å². The number of hydrogen-bond acceptors (Lipinski definition) is 7. The highest BCUT2D eigenvalue weighted by Gasteiger charge is 2.35. The summed E-state index contributed by atoms with van der Waals surface area (Å²) in [5.41, 5.74) is 1.81. The predicted octanol–water partition coefficient (Wildman–Crippen LogP) is 4.82. The van der Waals surface area contributed by atoms with Crippen molar-refractivity contribution in [1.82, 2.24) is 30.0 Å². The van der Waals surface area contributed by atoms with E-state index in [2.05, 4.69) is 99.6 Å². The Bertz CT molecular complexity index is 1450. The largest absolute Gasteiger partial charge is 0.382 e. The molecule has 1 N–H and O–H groups in total. The van der Waals surface area contributed by atoms with Gasteiger partial charge in [-0.2, -0.15) is 0 Å². The third-order valence-electron chi connectivity index (χ3n) is 7.31. The zero-order chi connectivity index (χ0) is 29.0. The van der Waals surface area contributed by atoms with Crippen LogP contribution in [0.1, 0.15) is 16.7 Å². The number of benzene rings is 3. The monoisotopic (exact) mass is 689 g/mol. The van der Waals surface area contributed by atoms with Gasteiger partial charge in [-0.05, 0) is 58.9 Å². The summed E-state index contributed by atoms with van der Waals surface area (Å²) in [6, 6.07) is 17.9. The zero-order valence-corrected chi connectivity index (χ0v) is 25.8. The van der Waals surface area contributed by atoms with Crippen molar-refractivity contribution in [3.63, 3.8) is 0 Å². The molecule has 0 amide bonds. The van der Waals surface area contributed by atoms with E-state index in [-0.39, 0.29) is 18.7 Å². The van der Waals surface area contributed by atoms with Gasteiger partial charge < -0.3 is 10.0 Å². The molecular formula is C29H31Br2F2N7O. The Labute approximate surface area is 254 Å². The maximum absolute atomic E-state index is 14.7. The number of rotatable bonds is 10. The van der Waals surface area contributed by atoms with Crippen LogP contribution in [-0.4, -0.2) is 74.9 Å². The van der Waals surface area contributed by atoms with Crippen LogP contribution in [0.2, 0.25) is 0 Å². The minimum Gasteiger partial charge on any atom is -0.382 e. The van der Waals surface area contributed by atoms with E-state index in [4.69, 9.17) is 0 Å². The van der Waals surface area contributed by atoms with Crippen molar-refractivity contribution in [2.75, 3.05) is 44.7 Å². The number of aromatic nitrogens is 4. The SMILES string of the molecule is CN(Cc1ccc(N2CCN(Cc3ccc(Br)cc3Br)CC2)cc1)CC(O)(Cn1cnnn1)c1ccc(F)cc1F. The Morgan fingerprint density at radius 3 is 2.39 bits per heavy atom. The Morgan fingerprint density at radius 2 is 1.73 bits per heavy atom. The first-order chi connectivity index (χ1) is 19.7. The molecule has 3 aromatic carbocycles. The average Bonchev–Trinajstić information content (AvgIpc) is 3.43. The van der Waals surface area contributed by atoms with Gasteiger partial charge in [-0.25, -0.2) is 13.5 Å². The van der Waals surface area contributed by atoms with Gasteiger partial charge in [0, 0.05) is 72.1 Å². The minimum absolute atomic E-state index is 0.0109. The van der Waals surface area contributed by atoms with Crippen LogP contribution in [0.5, 0.6) is 0 Å². The number of piperazine rings is 1. The van der Waals surface area contributed by atoms with Crippen molar-refractivity contribution >= 4 is 37.5 Å². The van der Waals surface area contributed by atoms with Crippen molar-refractivity contribution in [2.45, 2.75) is 25.2 Å². The highest BCUT2D eigenvalue weighted by molar-refractivity contribution is 9.11. The molecule has 0 bridgehead atoms. The highest BCUT2D eigenvalue weighted by Crippen LogP contribution is 2.29. The molecule has 1 aliphatic heterocycles. The van der Waals surface area contributed by atoms with Gasteiger partial charge >= 0.3 is 0 Å². The minimum atomic E-state index is -1.69. The molecule has 1 atom stereocenters. The molecule has 0 spiro atoms. The smallest absolute Gasteiger partial charge is 0.138 e. The van der Waals surface area contributed by atoms with Crippen molar-refractivity contribution in [2.24, 2.45) is 0 Å². The fraction of sp³-hybridized carbons (Fsp3) is 0.345. The lowest BCUT2D eigenvalue weighted by Crippen LogP contribution is -2.46. The van der Waals surface area contributed by atoms with E-state index in [1.807, 2.05) is 11.9 Å². The topological polar surface area (TPSA) is 73.6 Å². The molecule has 41 heavy (non-hydrogen) atoms. The summed E-state index contributed by atoms with van der Waals surface area (Å²) in [6.07, 6.45) is 1.35. The van der Waals surface area contributed by atoms with Gasteiger partial charge in [-0.15, -0.1) is 5.10 Å². The Hall–Kier alpha value is -2.77. The first-order valence-corrected chi connectivity index (χ1v) is 14.8. The standard InChI is InChI=1S/C29H31Br2F2N7O/c1-37(18-29(41,19-40-20-34-35-36-40)26-9-6-24(32)15-28(26)33)16-21-2-7-25(8-3-21)39-12-10-38(11-13-39)17-22-4-5-23(30)14-27(22)31/h2-9,14-15,20,41H,10-13,16-19H2,1H3. The molecule has 12 heteroatoms. The lowest BCUT2D eigenvalue weighted by molar-refractivity contribution is -0.0178. The molecule has 2 heterocycles. The second kappa shape index (κ2) is 13.0. The maximum Gasteiger partial charge on any atom is 0.138 e. The second-order valence-electron chi connectivity index (χ2n) is 10.5. The van der Waals surface area contributed by atoms with E-state index in [1.165, 1.54) is 28.3 Å². The lowest BCUT2D eigenvalue weighted by atomic mass is 9.92. The molecule has 216 valence electrons. The maximum atomic E-state index is 14.7. The Balaban J connectivity index is 1.19. The van der Waals surface area contributed by atoms with E-state index < -0.39 is 17.2 Å². The van der Waals surface area contributed by atoms with Crippen LogP contribution in [0.3, 0.4) is 0 Å². The summed E-state index contributed by atoms with van der Waals surface area (Å²) >= 11 is 7.18. The van der Waals surface area contributed by atoms with Gasteiger partial charge in [0.25, 0.3) is 0 Å². The van der Waals surface area contributed by atoms with Crippen LogP contribution in [0.4, 0.5) is 14.5 Å². The van der Waals surface area contributed by atoms with Crippen molar-refractivity contribution < 1.29 is 13.9 Å². The summed E-state index contributed by atoms with van der Waals surface area (Å²) in [4.78, 5) is 6.76. The molecule has 1 unspecified atom stereocenters. The van der Waals surface area contributed by atoms with Gasteiger partial charge in [-0.3, -0.25) is 9.80 Å². The third-order valence-corrected chi connectivity index (χ3v) is 8.55. The lowest BCUT2D eigenvalue weighted by Gasteiger charge is -2.36. The van der Waals surface area contributed by atoms with Crippen LogP contribution in [0, 0.1) is 11.6 Å². The van der Waals surface area contributed by atoms with Gasteiger partial charge in [0.1, 0.15) is 23.6 Å². The number of anilines is 1.